The maximum Gasteiger partial charge on any atom is 0.105 e. The highest BCUT2D eigenvalue weighted by Gasteiger charge is 2.48. The van der Waals surface area contributed by atoms with Crippen molar-refractivity contribution < 1.29 is 0 Å². The molecule has 0 amide bonds. The van der Waals surface area contributed by atoms with Crippen LogP contribution in [0.5, 0.6) is 0 Å². The summed E-state index contributed by atoms with van der Waals surface area (Å²) in [6, 6.07) is 6.63. The van der Waals surface area contributed by atoms with E-state index in [-0.39, 0.29) is 5.44 Å². The molecule has 108 valence electrons. The highest BCUT2D eigenvalue weighted by Crippen LogP contribution is 2.49. The van der Waals surface area contributed by atoms with Crippen LogP contribution in [0.1, 0.15) is 50.7 Å². The number of piperidine rings is 1. The maximum atomic E-state index is 6.80. The number of hydrogen-bond acceptors (Lipinski definition) is 2. The summed E-state index contributed by atoms with van der Waals surface area (Å²) >= 11 is 0. The van der Waals surface area contributed by atoms with Crippen molar-refractivity contribution >= 4 is 13.5 Å². The van der Waals surface area contributed by atoms with Gasteiger partial charge >= 0.3 is 0 Å². The Balaban J connectivity index is 0.000000704. The van der Waals surface area contributed by atoms with Gasteiger partial charge in [-0.15, -0.1) is 0 Å². The van der Waals surface area contributed by atoms with Crippen molar-refractivity contribution in [2.45, 2.75) is 51.9 Å². The van der Waals surface area contributed by atoms with Gasteiger partial charge in [0.1, 0.15) is 7.85 Å². The predicted octanol–water partition coefficient (Wildman–Crippen LogP) is 3.19. The molecule has 2 nitrogen and oxygen atoms in total. The second kappa shape index (κ2) is 6.21. The van der Waals surface area contributed by atoms with Crippen LogP contribution in [-0.2, 0) is 0 Å². The number of aryl methyl sites for hydroxylation is 1. The summed E-state index contributed by atoms with van der Waals surface area (Å²) in [5.74, 6) is 0.438. The van der Waals surface area contributed by atoms with Crippen molar-refractivity contribution in [1.82, 2.24) is 5.32 Å². The number of para-hydroxylation sites is 1. The SMILES string of the molecule is CC.[B]C12CCNCC1c1cccc(C)c1N2CCC. The fourth-order valence-electron chi connectivity index (χ4n) is 3.67. The zero-order chi connectivity index (χ0) is 14.8. The van der Waals surface area contributed by atoms with Gasteiger partial charge in [-0.25, -0.2) is 0 Å². The number of anilines is 1. The Morgan fingerprint density at radius 3 is 2.85 bits per heavy atom. The Hall–Kier alpha value is -0.955. The quantitative estimate of drug-likeness (QED) is 0.830. The standard InChI is InChI=1S/C15H21BN2.C2H6/c1-3-9-18-14-11(2)5-4-6-12(14)13-10-17-8-7-15(13,18)16;1-2/h4-6,13,17H,3,7-10H2,1-2H3;1-2H3. The molecule has 2 radical (unpaired) electrons. The minimum Gasteiger partial charge on any atom is -0.373 e. The summed E-state index contributed by atoms with van der Waals surface area (Å²) in [4.78, 5) is 2.48. The number of benzene rings is 1. The minimum atomic E-state index is -0.171. The molecule has 1 aromatic rings. The Morgan fingerprint density at radius 2 is 2.15 bits per heavy atom. The predicted molar refractivity (Wildman–Crippen MR) is 88.9 cm³/mol. The summed E-state index contributed by atoms with van der Waals surface area (Å²) in [5, 5.41) is 3.50. The van der Waals surface area contributed by atoms with E-state index in [1.807, 2.05) is 13.8 Å². The van der Waals surface area contributed by atoms with Crippen molar-refractivity contribution in [2.75, 3.05) is 24.5 Å². The molecule has 2 heterocycles. The molecule has 1 saturated heterocycles. The lowest BCUT2D eigenvalue weighted by Gasteiger charge is -2.45. The van der Waals surface area contributed by atoms with Gasteiger partial charge in [0, 0.05) is 30.1 Å². The molecule has 2 aliphatic heterocycles. The lowest BCUT2D eigenvalue weighted by atomic mass is 9.63. The first-order chi connectivity index (χ1) is 9.68. The second-order valence-corrected chi connectivity index (χ2v) is 5.66. The average molecular weight is 270 g/mol. The molecule has 1 N–H and O–H groups in total. The van der Waals surface area contributed by atoms with Gasteiger partial charge in [-0.05, 0) is 37.4 Å². The molecule has 1 aromatic carbocycles. The fraction of sp³-hybridized carbons (Fsp3) is 0.647. The van der Waals surface area contributed by atoms with Gasteiger partial charge in [-0.1, -0.05) is 39.0 Å². The summed E-state index contributed by atoms with van der Waals surface area (Å²) in [6.45, 7) is 11.5. The third-order valence-electron chi connectivity index (χ3n) is 4.52. The summed E-state index contributed by atoms with van der Waals surface area (Å²) in [6.07, 6.45) is 2.18. The third-order valence-corrected chi connectivity index (χ3v) is 4.52. The molecule has 2 unspecified atom stereocenters. The van der Waals surface area contributed by atoms with Crippen LogP contribution in [-0.4, -0.2) is 32.9 Å². The monoisotopic (exact) mass is 270 g/mol. The van der Waals surface area contributed by atoms with E-state index in [1.54, 1.807) is 0 Å². The van der Waals surface area contributed by atoms with E-state index in [1.165, 1.54) is 16.8 Å². The first-order valence-corrected chi connectivity index (χ1v) is 8.05. The number of nitrogens with one attached hydrogen (secondary N) is 1. The second-order valence-electron chi connectivity index (χ2n) is 5.66. The number of hydrogen-bond donors (Lipinski definition) is 1. The summed E-state index contributed by atoms with van der Waals surface area (Å²) < 4.78 is 0. The Kier molecular flexibility index (Phi) is 4.80. The molecule has 0 spiro atoms. The summed E-state index contributed by atoms with van der Waals surface area (Å²) in [7, 11) is 6.80. The molecular weight excluding hydrogens is 243 g/mol. The van der Waals surface area contributed by atoms with E-state index in [0.29, 0.717) is 5.92 Å². The zero-order valence-corrected chi connectivity index (χ0v) is 13.4. The van der Waals surface area contributed by atoms with Crippen LogP contribution >= 0.6 is 0 Å². The van der Waals surface area contributed by atoms with Crippen LogP contribution in [0.3, 0.4) is 0 Å². The van der Waals surface area contributed by atoms with E-state index in [2.05, 4.69) is 42.3 Å². The van der Waals surface area contributed by atoms with E-state index in [0.717, 1.165) is 32.5 Å². The largest absolute Gasteiger partial charge is 0.373 e. The fourth-order valence-corrected chi connectivity index (χ4v) is 3.67. The van der Waals surface area contributed by atoms with Gasteiger partial charge in [0.05, 0.1) is 0 Å². The normalized spacial score (nSPS) is 27.4. The smallest absolute Gasteiger partial charge is 0.105 e. The Morgan fingerprint density at radius 1 is 1.40 bits per heavy atom. The molecule has 0 bridgehead atoms. The molecule has 3 rings (SSSR count). The van der Waals surface area contributed by atoms with Gasteiger partial charge in [0.15, 0.2) is 0 Å². The van der Waals surface area contributed by atoms with Crippen LogP contribution in [0.15, 0.2) is 18.2 Å². The molecule has 20 heavy (non-hydrogen) atoms. The minimum absolute atomic E-state index is 0.171. The van der Waals surface area contributed by atoms with Gasteiger partial charge in [0.25, 0.3) is 0 Å². The van der Waals surface area contributed by atoms with Crippen LogP contribution in [0.4, 0.5) is 5.69 Å². The molecule has 2 aliphatic rings. The van der Waals surface area contributed by atoms with Crippen molar-refractivity contribution in [3.63, 3.8) is 0 Å². The van der Waals surface area contributed by atoms with Crippen molar-refractivity contribution in [2.24, 2.45) is 0 Å². The highest BCUT2D eigenvalue weighted by atomic mass is 15.2. The van der Waals surface area contributed by atoms with Gasteiger partial charge in [0.2, 0.25) is 0 Å². The molecule has 3 heteroatoms. The molecule has 0 aromatic heterocycles. The van der Waals surface area contributed by atoms with E-state index in [9.17, 15) is 0 Å². The first kappa shape index (κ1) is 15.4. The lowest BCUT2D eigenvalue weighted by Crippen LogP contribution is -2.56. The van der Waals surface area contributed by atoms with Crippen molar-refractivity contribution in [3.8, 4) is 0 Å². The Labute approximate surface area is 125 Å². The number of nitrogens with zero attached hydrogens (tertiary/aromatic N) is 1. The molecule has 0 aliphatic carbocycles. The van der Waals surface area contributed by atoms with Crippen LogP contribution < -0.4 is 10.2 Å². The topological polar surface area (TPSA) is 15.3 Å². The van der Waals surface area contributed by atoms with E-state index in [4.69, 9.17) is 7.85 Å². The molecular formula is C17H27BN2. The van der Waals surface area contributed by atoms with Gasteiger partial charge < -0.3 is 10.2 Å². The summed E-state index contributed by atoms with van der Waals surface area (Å²) in [5.41, 5.74) is 4.03. The third kappa shape index (κ3) is 2.26. The van der Waals surface area contributed by atoms with Crippen LogP contribution in [0, 0.1) is 6.92 Å². The lowest BCUT2D eigenvalue weighted by molar-refractivity contribution is 0.361. The average Bonchev–Trinajstić information content (AvgIpc) is 2.72. The Bertz CT molecular complexity index is 460. The van der Waals surface area contributed by atoms with Crippen molar-refractivity contribution in [3.05, 3.63) is 29.3 Å². The van der Waals surface area contributed by atoms with Crippen LogP contribution in [0.25, 0.3) is 0 Å². The molecule has 0 saturated carbocycles. The highest BCUT2D eigenvalue weighted by molar-refractivity contribution is 6.19. The van der Waals surface area contributed by atoms with Crippen molar-refractivity contribution in [1.29, 1.82) is 0 Å². The van der Waals surface area contributed by atoms with Crippen LogP contribution in [0.2, 0.25) is 0 Å². The molecule has 1 fully saturated rings. The number of fused-ring (bicyclic) bond motifs is 3. The molecule has 2 atom stereocenters. The maximum absolute atomic E-state index is 6.80. The van der Waals surface area contributed by atoms with Gasteiger partial charge in [-0.3, -0.25) is 0 Å². The zero-order valence-electron chi connectivity index (χ0n) is 13.4. The first-order valence-electron chi connectivity index (χ1n) is 8.05. The van der Waals surface area contributed by atoms with E-state index < -0.39 is 0 Å². The van der Waals surface area contributed by atoms with E-state index >= 15 is 0 Å². The van der Waals surface area contributed by atoms with Gasteiger partial charge in [-0.2, -0.15) is 0 Å². The number of rotatable bonds is 2.